The van der Waals surface area contributed by atoms with Gasteiger partial charge in [-0.05, 0) is 67.6 Å². The van der Waals surface area contributed by atoms with Crippen molar-refractivity contribution in [3.05, 3.63) is 54.1 Å². The van der Waals surface area contributed by atoms with E-state index in [2.05, 4.69) is 26.1 Å². The molecule has 0 spiro atoms. The number of amides is 1. The summed E-state index contributed by atoms with van der Waals surface area (Å²) in [5, 5.41) is 2.91. The van der Waals surface area contributed by atoms with Crippen molar-refractivity contribution in [2.24, 2.45) is 0 Å². The van der Waals surface area contributed by atoms with Gasteiger partial charge in [0.1, 0.15) is 11.5 Å². The smallest absolute Gasteiger partial charge is 0.265 e. The van der Waals surface area contributed by atoms with Gasteiger partial charge in [0.15, 0.2) is 6.10 Å². The van der Waals surface area contributed by atoms with E-state index in [1.165, 1.54) is 5.56 Å². The zero-order valence-electron chi connectivity index (χ0n) is 17.2. The quantitative estimate of drug-likeness (QED) is 0.694. The molecule has 0 saturated carbocycles. The largest absolute Gasteiger partial charge is 0.491 e. The second kappa shape index (κ2) is 8.94. The van der Waals surface area contributed by atoms with E-state index >= 15 is 0 Å². The number of rotatable bonds is 7. The molecule has 1 amide bonds. The van der Waals surface area contributed by atoms with Crippen molar-refractivity contribution in [2.75, 3.05) is 5.32 Å². The predicted molar refractivity (Wildman–Crippen MR) is 111 cm³/mol. The van der Waals surface area contributed by atoms with Crippen LogP contribution in [0.2, 0.25) is 0 Å². The summed E-state index contributed by atoms with van der Waals surface area (Å²) in [6, 6.07) is 15.3. The van der Waals surface area contributed by atoms with Crippen molar-refractivity contribution in [2.45, 2.75) is 65.6 Å². The molecule has 146 valence electrons. The molecule has 0 saturated heterocycles. The summed E-state index contributed by atoms with van der Waals surface area (Å²) < 4.78 is 11.5. The highest BCUT2D eigenvalue weighted by Gasteiger charge is 2.19. The average molecular weight is 370 g/mol. The van der Waals surface area contributed by atoms with E-state index in [0.29, 0.717) is 12.2 Å². The van der Waals surface area contributed by atoms with Crippen LogP contribution < -0.4 is 14.8 Å². The fourth-order valence-electron chi connectivity index (χ4n) is 2.63. The van der Waals surface area contributed by atoms with Crippen LogP contribution >= 0.6 is 0 Å². The van der Waals surface area contributed by atoms with E-state index in [0.717, 1.165) is 11.4 Å². The maximum atomic E-state index is 12.6. The van der Waals surface area contributed by atoms with Crippen molar-refractivity contribution < 1.29 is 14.3 Å². The van der Waals surface area contributed by atoms with Crippen molar-refractivity contribution in [1.29, 1.82) is 0 Å². The maximum Gasteiger partial charge on any atom is 0.265 e. The van der Waals surface area contributed by atoms with Crippen LogP contribution in [0.15, 0.2) is 48.5 Å². The first-order valence-electron chi connectivity index (χ1n) is 9.54. The fraction of sp³-hybridized carbons (Fsp3) is 0.435. The van der Waals surface area contributed by atoms with Crippen molar-refractivity contribution >= 4 is 11.6 Å². The Morgan fingerprint density at radius 1 is 0.926 bits per heavy atom. The molecule has 1 unspecified atom stereocenters. The monoisotopic (exact) mass is 369 g/mol. The number of benzene rings is 2. The Morgan fingerprint density at radius 2 is 1.44 bits per heavy atom. The summed E-state index contributed by atoms with van der Waals surface area (Å²) in [6.45, 7) is 12.4. The zero-order chi connectivity index (χ0) is 20.0. The molecule has 1 N–H and O–H groups in total. The molecule has 0 aliphatic heterocycles. The summed E-state index contributed by atoms with van der Waals surface area (Å²) in [4.78, 5) is 12.6. The second-order valence-corrected chi connectivity index (χ2v) is 7.97. The minimum Gasteiger partial charge on any atom is -0.491 e. The van der Waals surface area contributed by atoms with E-state index in [4.69, 9.17) is 9.47 Å². The van der Waals surface area contributed by atoms with Crippen LogP contribution in [0.5, 0.6) is 11.5 Å². The Hall–Kier alpha value is -2.49. The standard InChI is InChI=1S/C23H31NO3/c1-7-21(27-20-12-8-17(9-13-20)23(4,5)6)22(25)24-18-10-14-19(15-11-18)26-16(2)3/h8-16,21H,7H2,1-6H3,(H,24,25). The third-order valence-corrected chi connectivity index (χ3v) is 4.16. The maximum absolute atomic E-state index is 12.6. The molecule has 0 aliphatic rings. The highest BCUT2D eigenvalue weighted by molar-refractivity contribution is 5.94. The van der Waals surface area contributed by atoms with Gasteiger partial charge in [-0.3, -0.25) is 4.79 Å². The average Bonchev–Trinajstić information content (AvgIpc) is 2.60. The number of hydrogen-bond donors (Lipinski definition) is 1. The molecule has 0 radical (unpaired) electrons. The van der Waals surface area contributed by atoms with Gasteiger partial charge in [-0.2, -0.15) is 0 Å². The normalized spacial score (nSPS) is 12.6. The number of nitrogens with one attached hydrogen (secondary N) is 1. The lowest BCUT2D eigenvalue weighted by Gasteiger charge is -2.21. The first-order valence-corrected chi connectivity index (χ1v) is 9.54. The number of carbonyl (C=O) groups excluding carboxylic acids is 1. The summed E-state index contributed by atoms with van der Waals surface area (Å²) in [6.07, 6.45) is 0.159. The molecule has 0 aliphatic carbocycles. The van der Waals surface area contributed by atoms with Crippen molar-refractivity contribution in [1.82, 2.24) is 0 Å². The van der Waals surface area contributed by atoms with Gasteiger partial charge in [0.05, 0.1) is 6.10 Å². The molecule has 4 heteroatoms. The summed E-state index contributed by atoms with van der Waals surface area (Å²) in [5.74, 6) is 1.32. The van der Waals surface area contributed by atoms with Crippen LogP contribution in [-0.2, 0) is 10.2 Å². The van der Waals surface area contributed by atoms with Gasteiger partial charge in [-0.25, -0.2) is 0 Å². The lowest BCUT2D eigenvalue weighted by molar-refractivity contribution is -0.122. The number of ether oxygens (including phenoxy) is 2. The zero-order valence-corrected chi connectivity index (χ0v) is 17.2. The third-order valence-electron chi connectivity index (χ3n) is 4.16. The minimum atomic E-state index is -0.544. The summed E-state index contributed by atoms with van der Waals surface area (Å²) in [5.41, 5.74) is 2.04. The van der Waals surface area contributed by atoms with Gasteiger partial charge in [0, 0.05) is 5.69 Å². The van der Waals surface area contributed by atoms with Gasteiger partial charge >= 0.3 is 0 Å². The van der Waals surface area contributed by atoms with Crippen LogP contribution in [0.3, 0.4) is 0 Å². The van der Waals surface area contributed by atoms with Crippen molar-refractivity contribution in [3.63, 3.8) is 0 Å². The SMILES string of the molecule is CCC(Oc1ccc(C(C)(C)C)cc1)C(=O)Nc1ccc(OC(C)C)cc1. The van der Waals surface area contributed by atoms with Crippen LogP contribution in [0.25, 0.3) is 0 Å². The third kappa shape index (κ3) is 6.31. The van der Waals surface area contributed by atoms with Gasteiger partial charge in [-0.15, -0.1) is 0 Å². The van der Waals surface area contributed by atoms with E-state index in [-0.39, 0.29) is 17.4 Å². The molecular formula is C23H31NO3. The molecule has 0 heterocycles. The number of hydrogen-bond acceptors (Lipinski definition) is 3. The Kier molecular flexibility index (Phi) is 6.89. The molecule has 2 aromatic rings. The molecule has 27 heavy (non-hydrogen) atoms. The fourth-order valence-corrected chi connectivity index (χ4v) is 2.63. The van der Waals surface area contributed by atoms with Crippen LogP contribution in [0.4, 0.5) is 5.69 Å². The van der Waals surface area contributed by atoms with Gasteiger partial charge in [-0.1, -0.05) is 39.8 Å². The highest BCUT2D eigenvalue weighted by Crippen LogP contribution is 2.25. The van der Waals surface area contributed by atoms with Crippen LogP contribution in [0, 0.1) is 0 Å². The molecule has 0 fully saturated rings. The van der Waals surface area contributed by atoms with E-state index < -0.39 is 6.10 Å². The minimum absolute atomic E-state index is 0.0888. The predicted octanol–water partition coefficient (Wildman–Crippen LogP) is 5.57. The first kappa shape index (κ1) is 20.8. The van der Waals surface area contributed by atoms with E-state index in [1.54, 1.807) is 0 Å². The number of carbonyl (C=O) groups is 1. The lowest BCUT2D eigenvalue weighted by atomic mass is 9.87. The van der Waals surface area contributed by atoms with Crippen LogP contribution in [-0.4, -0.2) is 18.1 Å². The number of anilines is 1. The van der Waals surface area contributed by atoms with Gasteiger partial charge in [0.25, 0.3) is 5.91 Å². The molecular weight excluding hydrogens is 338 g/mol. The Bertz CT molecular complexity index is 728. The van der Waals surface area contributed by atoms with Crippen molar-refractivity contribution in [3.8, 4) is 11.5 Å². The van der Waals surface area contributed by atoms with E-state index in [1.807, 2.05) is 69.3 Å². The van der Waals surface area contributed by atoms with E-state index in [9.17, 15) is 4.79 Å². The van der Waals surface area contributed by atoms with Gasteiger partial charge < -0.3 is 14.8 Å². The molecule has 2 aromatic carbocycles. The molecule has 4 nitrogen and oxygen atoms in total. The first-order chi connectivity index (χ1) is 12.7. The molecule has 0 bridgehead atoms. The molecule has 0 aromatic heterocycles. The Labute approximate surface area is 162 Å². The van der Waals surface area contributed by atoms with Gasteiger partial charge in [0.2, 0.25) is 0 Å². The van der Waals surface area contributed by atoms with Crippen LogP contribution in [0.1, 0.15) is 53.5 Å². The lowest BCUT2D eigenvalue weighted by Crippen LogP contribution is -2.32. The molecule has 2 rings (SSSR count). The topological polar surface area (TPSA) is 47.6 Å². The summed E-state index contributed by atoms with van der Waals surface area (Å²) >= 11 is 0. The Morgan fingerprint density at radius 3 is 1.93 bits per heavy atom. The highest BCUT2D eigenvalue weighted by atomic mass is 16.5. The Balaban J connectivity index is 1.99. The second-order valence-electron chi connectivity index (χ2n) is 7.97. The molecule has 1 atom stereocenters. The summed E-state index contributed by atoms with van der Waals surface area (Å²) in [7, 11) is 0.